The average molecular weight is 370 g/mol. The molecule has 0 radical (unpaired) electrons. The van der Waals surface area contributed by atoms with Crippen LogP contribution in [0.3, 0.4) is 0 Å². The highest BCUT2D eigenvalue weighted by Crippen LogP contribution is 2.27. The summed E-state index contributed by atoms with van der Waals surface area (Å²) in [6.45, 7) is 3.44. The molecule has 140 valence electrons. The van der Waals surface area contributed by atoms with Gasteiger partial charge in [0.2, 0.25) is 5.78 Å². The summed E-state index contributed by atoms with van der Waals surface area (Å²) in [5, 5.41) is 0.841. The van der Waals surface area contributed by atoms with Gasteiger partial charge in [0, 0.05) is 10.9 Å². The Labute approximate surface area is 155 Å². The Hall–Kier alpha value is -3.15. The molecule has 0 saturated heterocycles. The molecule has 0 N–H and O–H groups in total. The van der Waals surface area contributed by atoms with Crippen LogP contribution in [0, 0.1) is 19.7 Å². The quantitative estimate of drug-likeness (QED) is 0.481. The van der Waals surface area contributed by atoms with E-state index in [1.165, 1.54) is 25.5 Å². The molecule has 0 unspecified atom stereocenters. The van der Waals surface area contributed by atoms with E-state index in [0.717, 1.165) is 28.2 Å². The van der Waals surface area contributed by atoms with E-state index in [4.69, 9.17) is 13.9 Å². The van der Waals surface area contributed by atoms with E-state index in [2.05, 4.69) is 0 Å². The Morgan fingerprint density at radius 2 is 1.93 bits per heavy atom. The van der Waals surface area contributed by atoms with Crippen molar-refractivity contribution >= 4 is 22.7 Å². The number of Topliss-reactive ketones (excluding diaryl/α,β-unsaturated/α-hetero) is 1. The lowest BCUT2D eigenvalue weighted by molar-refractivity contribution is -0.141. The molecule has 5 nitrogen and oxygen atoms in total. The van der Waals surface area contributed by atoms with Crippen molar-refractivity contribution in [2.45, 2.75) is 20.3 Å². The Balaban J connectivity index is 1.68. The van der Waals surface area contributed by atoms with Gasteiger partial charge in [-0.05, 0) is 43.2 Å². The Morgan fingerprint density at radius 3 is 2.67 bits per heavy atom. The van der Waals surface area contributed by atoms with Gasteiger partial charge in [-0.25, -0.2) is 4.39 Å². The van der Waals surface area contributed by atoms with Crippen LogP contribution in [0.2, 0.25) is 0 Å². The van der Waals surface area contributed by atoms with E-state index in [0.29, 0.717) is 5.56 Å². The van der Waals surface area contributed by atoms with E-state index in [9.17, 15) is 14.0 Å². The molecule has 0 aliphatic rings. The van der Waals surface area contributed by atoms with E-state index in [1.54, 1.807) is 0 Å². The van der Waals surface area contributed by atoms with Gasteiger partial charge in [0.1, 0.15) is 17.1 Å². The van der Waals surface area contributed by atoms with Crippen LogP contribution in [0.15, 0.2) is 41.0 Å². The maximum atomic E-state index is 13.4. The van der Waals surface area contributed by atoms with Crippen molar-refractivity contribution in [1.29, 1.82) is 0 Å². The number of ketones is 1. The number of halogens is 1. The average Bonchev–Trinajstić information content (AvgIpc) is 3.06. The smallest absolute Gasteiger partial charge is 0.310 e. The minimum atomic E-state index is -0.570. The second kappa shape index (κ2) is 7.61. The number of fused-ring (bicyclic) bond motifs is 1. The minimum Gasteiger partial charge on any atom is -0.496 e. The molecule has 0 saturated carbocycles. The zero-order valence-electron chi connectivity index (χ0n) is 15.3. The fraction of sp³-hybridized carbons (Fsp3) is 0.238. The fourth-order valence-corrected chi connectivity index (χ4v) is 2.85. The van der Waals surface area contributed by atoms with E-state index >= 15 is 0 Å². The molecule has 1 aromatic heterocycles. The lowest BCUT2D eigenvalue weighted by Gasteiger charge is -2.08. The summed E-state index contributed by atoms with van der Waals surface area (Å²) in [6, 6.07) is 7.46. The number of carbonyl (C=O) groups is 2. The molecule has 27 heavy (non-hydrogen) atoms. The van der Waals surface area contributed by atoms with Gasteiger partial charge in [0.15, 0.2) is 6.61 Å². The molecular formula is C21H19FO5. The molecule has 3 aromatic rings. The predicted molar refractivity (Wildman–Crippen MR) is 97.6 cm³/mol. The molecule has 0 fully saturated rings. The van der Waals surface area contributed by atoms with Crippen molar-refractivity contribution in [3.63, 3.8) is 0 Å². The van der Waals surface area contributed by atoms with Crippen LogP contribution in [-0.4, -0.2) is 25.5 Å². The minimum absolute atomic E-state index is 0.0247. The van der Waals surface area contributed by atoms with Gasteiger partial charge in [0.25, 0.3) is 0 Å². The van der Waals surface area contributed by atoms with Crippen LogP contribution >= 0.6 is 0 Å². The van der Waals surface area contributed by atoms with Gasteiger partial charge in [-0.1, -0.05) is 12.1 Å². The highest BCUT2D eigenvalue weighted by Gasteiger charge is 2.18. The number of benzene rings is 2. The predicted octanol–water partition coefficient (Wildman–Crippen LogP) is 4.17. The van der Waals surface area contributed by atoms with Crippen LogP contribution in [0.1, 0.15) is 27.0 Å². The van der Waals surface area contributed by atoms with E-state index in [-0.39, 0.29) is 17.7 Å². The molecule has 2 aromatic carbocycles. The monoisotopic (exact) mass is 370 g/mol. The van der Waals surface area contributed by atoms with Gasteiger partial charge in [0.05, 0.1) is 25.4 Å². The first-order valence-electron chi connectivity index (χ1n) is 8.39. The normalized spacial score (nSPS) is 10.8. The second-order valence-electron chi connectivity index (χ2n) is 6.25. The van der Waals surface area contributed by atoms with Crippen LogP contribution in [-0.2, 0) is 16.0 Å². The van der Waals surface area contributed by atoms with Crippen molar-refractivity contribution in [3.8, 4) is 5.75 Å². The topological polar surface area (TPSA) is 65.7 Å². The second-order valence-corrected chi connectivity index (χ2v) is 6.25. The van der Waals surface area contributed by atoms with Crippen LogP contribution in [0.5, 0.6) is 5.75 Å². The molecule has 1 heterocycles. The van der Waals surface area contributed by atoms with E-state index < -0.39 is 24.2 Å². The van der Waals surface area contributed by atoms with Gasteiger partial charge >= 0.3 is 5.97 Å². The van der Waals surface area contributed by atoms with Gasteiger partial charge in [-0.15, -0.1) is 0 Å². The van der Waals surface area contributed by atoms with Gasteiger partial charge < -0.3 is 13.9 Å². The molecule has 3 rings (SSSR count). The third kappa shape index (κ3) is 3.84. The summed E-state index contributed by atoms with van der Waals surface area (Å²) in [5.74, 6) is -1.45. The largest absolute Gasteiger partial charge is 0.496 e. The first-order chi connectivity index (χ1) is 12.9. The third-order valence-corrected chi connectivity index (χ3v) is 4.50. The lowest BCUT2D eigenvalue weighted by atomic mass is 10.0. The number of aryl methyl sites for hydroxylation is 2. The number of methoxy groups -OCH3 is 1. The fourth-order valence-electron chi connectivity index (χ4n) is 2.85. The summed E-state index contributed by atoms with van der Waals surface area (Å²) in [6.07, 6.45) is 1.50. The molecule has 0 spiro atoms. The number of furan rings is 1. The Kier molecular flexibility index (Phi) is 5.26. The maximum absolute atomic E-state index is 13.4. The standard InChI is InChI=1S/C21H19FO5/c1-12-4-6-16-14(10-27-21(16)13(12)2)8-20(24)26-11-18(23)17-9-15(22)5-7-19(17)25-3/h4-7,9-10H,8,11H2,1-3H3. The van der Waals surface area contributed by atoms with E-state index in [1.807, 2.05) is 26.0 Å². The number of esters is 1. The summed E-state index contributed by atoms with van der Waals surface area (Å²) >= 11 is 0. The zero-order valence-corrected chi connectivity index (χ0v) is 15.3. The lowest BCUT2D eigenvalue weighted by Crippen LogP contribution is -2.16. The molecule has 0 aliphatic carbocycles. The molecule has 0 aliphatic heterocycles. The number of ether oxygens (including phenoxy) is 2. The Morgan fingerprint density at radius 1 is 1.15 bits per heavy atom. The highest BCUT2D eigenvalue weighted by molar-refractivity contribution is 6.00. The van der Waals surface area contributed by atoms with Gasteiger partial charge in [-0.2, -0.15) is 0 Å². The molecular weight excluding hydrogens is 351 g/mol. The molecule has 0 bridgehead atoms. The summed E-state index contributed by atoms with van der Waals surface area (Å²) in [7, 11) is 1.38. The number of hydrogen-bond donors (Lipinski definition) is 0. The van der Waals surface area contributed by atoms with Crippen LogP contribution < -0.4 is 4.74 Å². The van der Waals surface area contributed by atoms with Crippen molar-refractivity contribution in [1.82, 2.24) is 0 Å². The number of rotatable bonds is 6. The van der Waals surface area contributed by atoms with Crippen molar-refractivity contribution in [2.24, 2.45) is 0 Å². The van der Waals surface area contributed by atoms with Crippen LogP contribution in [0.25, 0.3) is 11.0 Å². The van der Waals surface area contributed by atoms with Crippen molar-refractivity contribution in [2.75, 3.05) is 13.7 Å². The summed E-state index contributed by atoms with van der Waals surface area (Å²) in [4.78, 5) is 24.4. The number of carbonyl (C=O) groups excluding carboxylic acids is 2. The molecule has 0 amide bonds. The first-order valence-corrected chi connectivity index (χ1v) is 8.39. The Bertz CT molecular complexity index is 1020. The van der Waals surface area contributed by atoms with Crippen molar-refractivity contribution < 1.29 is 27.9 Å². The summed E-state index contributed by atoms with van der Waals surface area (Å²) in [5.41, 5.74) is 3.57. The molecule has 0 atom stereocenters. The third-order valence-electron chi connectivity index (χ3n) is 4.50. The SMILES string of the molecule is COc1ccc(F)cc1C(=O)COC(=O)Cc1coc2c(C)c(C)ccc12. The molecule has 6 heteroatoms. The number of hydrogen-bond acceptors (Lipinski definition) is 5. The van der Waals surface area contributed by atoms with Crippen LogP contribution in [0.4, 0.5) is 4.39 Å². The summed E-state index contributed by atoms with van der Waals surface area (Å²) < 4.78 is 29.1. The van der Waals surface area contributed by atoms with Crippen molar-refractivity contribution in [3.05, 3.63) is 64.7 Å². The van der Waals surface area contributed by atoms with Gasteiger partial charge in [-0.3, -0.25) is 9.59 Å². The highest BCUT2D eigenvalue weighted by atomic mass is 19.1. The maximum Gasteiger partial charge on any atom is 0.310 e. The first kappa shape index (κ1) is 18.6. The zero-order chi connectivity index (χ0) is 19.6.